The van der Waals surface area contributed by atoms with E-state index in [0.717, 1.165) is 32.8 Å². The molecular weight excluding hydrogens is 282 g/mol. The largest absolute Gasteiger partial charge is 0.361 e. The molecule has 0 aliphatic heterocycles. The molecular formula is C20H13N3. The molecule has 0 spiro atoms. The topological polar surface area (TPSA) is 52.5 Å². The first-order valence-corrected chi connectivity index (χ1v) is 7.38. The van der Waals surface area contributed by atoms with Crippen molar-refractivity contribution in [1.29, 1.82) is 5.26 Å². The molecule has 108 valence electrons. The van der Waals surface area contributed by atoms with Crippen LogP contribution in [0.15, 0.2) is 67.1 Å². The lowest BCUT2D eigenvalue weighted by Crippen LogP contribution is -1.83. The van der Waals surface area contributed by atoms with E-state index in [-0.39, 0.29) is 0 Å². The van der Waals surface area contributed by atoms with Gasteiger partial charge < -0.3 is 4.98 Å². The van der Waals surface area contributed by atoms with Gasteiger partial charge in [-0.3, -0.25) is 4.98 Å². The molecule has 2 aromatic heterocycles. The van der Waals surface area contributed by atoms with Crippen LogP contribution in [0.2, 0.25) is 0 Å². The number of rotatable bonds is 2. The van der Waals surface area contributed by atoms with Crippen molar-refractivity contribution >= 4 is 33.3 Å². The Morgan fingerprint density at radius 2 is 1.96 bits per heavy atom. The normalized spacial score (nSPS) is 11.7. The quantitative estimate of drug-likeness (QED) is 0.541. The molecule has 0 amide bonds. The molecule has 2 heterocycles. The Hall–Kier alpha value is -3.38. The van der Waals surface area contributed by atoms with E-state index in [1.165, 1.54) is 0 Å². The van der Waals surface area contributed by atoms with E-state index < -0.39 is 0 Å². The van der Waals surface area contributed by atoms with E-state index in [2.05, 4.69) is 16.0 Å². The fraction of sp³-hybridized carbons (Fsp3) is 0. The number of allylic oxidation sites excluding steroid dienone is 1. The summed E-state index contributed by atoms with van der Waals surface area (Å²) in [6, 6.07) is 18.4. The SMILES string of the molecule is N#C/C(=C\c1cccc2ccncc12)c1c[nH]c2ccccc12. The second kappa shape index (κ2) is 5.43. The molecule has 0 bridgehead atoms. The van der Waals surface area contributed by atoms with E-state index in [0.29, 0.717) is 5.57 Å². The van der Waals surface area contributed by atoms with Gasteiger partial charge in [-0.1, -0.05) is 36.4 Å². The van der Waals surface area contributed by atoms with Crippen molar-refractivity contribution in [2.45, 2.75) is 0 Å². The van der Waals surface area contributed by atoms with Gasteiger partial charge in [-0.2, -0.15) is 5.26 Å². The van der Waals surface area contributed by atoms with E-state index in [1.807, 2.05) is 67.0 Å². The zero-order valence-corrected chi connectivity index (χ0v) is 12.3. The fourth-order valence-corrected chi connectivity index (χ4v) is 2.88. The molecule has 1 N–H and O–H groups in total. The Morgan fingerprint density at radius 1 is 1.04 bits per heavy atom. The molecule has 0 aliphatic rings. The van der Waals surface area contributed by atoms with Crippen LogP contribution in [0, 0.1) is 11.3 Å². The summed E-state index contributed by atoms with van der Waals surface area (Å²) in [7, 11) is 0. The van der Waals surface area contributed by atoms with Crippen LogP contribution in [0.4, 0.5) is 0 Å². The summed E-state index contributed by atoms with van der Waals surface area (Å²) in [4.78, 5) is 7.42. The van der Waals surface area contributed by atoms with Gasteiger partial charge in [0.1, 0.15) is 0 Å². The highest BCUT2D eigenvalue weighted by Crippen LogP contribution is 2.28. The third kappa shape index (κ3) is 2.27. The van der Waals surface area contributed by atoms with Gasteiger partial charge in [-0.25, -0.2) is 0 Å². The number of benzene rings is 2. The molecule has 2 aromatic carbocycles. The predicted octanol–water partition coefficient (Wildman–Crippen LogP) is 4.78. The van der Waals surface area contributed by atoms with E-state index >= 15 is 0 Å². The number of fused-ring (bicyclic) bond motifs is 2. The number of para-hydroxylation sites is 1. The summed E-state index contributed by atoms with van der Waals surface area (Å²) in [5.41, 5.74) is 3.59. The van der Waals surface area contributed by atoms with Crippen molar-refractivity contribution in [2.24, 2.45) is 0 Å². The van der Waals surface area contributed by atoms with Gasteiger partial charge in [0.15, 0.2) is 0 Å². The van der Waals surface area contributed by atoms with Crippen molar-refractivity contribution in [2.75, 3.05) is 0 Å². The summed E-state index contributed by atoms with van der Waals surface area (Å²) < 4.78 is 0. The van der Waals surface area contributed by atoms with Gasteiger partial charge in [0.2, 0.25) is 0 Å². The highest BCUT2D eigenvalue weighted by atomic mass is 14.7. The standard InChI is InChI=1S/C20H13N3/c21-11-16(19-13-23-20-7-2-1-6-17(19)20)10-15-5-3-4-14-8-9-22-12-18(14)15/h1-10,12-13,23H/b16-10+. The molecule has 3 heteroatoms. The molecule has 0 atom stereocenters. The number of nitriles is 1. The summed E-state index contributed by atoms with van der Waals surface area (Å²) >= 11 is 0. The predicted molar refractivity (Wildman–Crippen MR) is 93.5 cm³/mol. The van der Waals surface area contributed by atoms with E-state index in [9.17, 15) is 5.26 Å². The molecule has 0 aliphatic carbocycles. The summed E-state index contributed by atoms with van der Waals surface area (Å²) in [6.45, 7) is 0. The van der Waals surface area contributed by atoms with Crippen LogP contribution < -0.4 is 0 Å². The molecule has 0 radical (unpaired) electrons. The number of aromatic amines is 1. The van der Waals surface area contributed by atoms with Crippen LogP contribution in [0.5, 0.6) is 0 Å². The first kappa shape index (κ1) is 13.3. The number of hydrogen-bond acceptors (Lipinski definition) is 2. The number of H-pyrrole nitrogens is 1. The smallest absolute Gasteiger partial charge is 0.0998 e. The minimum Gasteiger partial charge on any atom is -0.361 e. The van der Waals surface area contributed by atoms with Crippen molar-refractivity contribution in [3.05, 3.63) is 78.2 Å². The van der Waals surface area contributed by atoms with Gasteiger partial charge in [0.25, 0.3) is 0 Å². The van der Waals surface area contributed by atoms with Crippen LogP contribution in [-0.2, 0) is 0 Å². The van der Waals surface area contributed by atoms with E-state index in [1.54, 1.807) is 6.20 Å². The maximum atomic E-state index is 9.64. The molecule has 0 fully saturated rings. The second-order valence-electron chi connectivity index (χ2n) is 5.36. The molecule has 0 unspecified atom stereocenters. The lowest BCUT2D eigenvalue weighted by molar-refractivity contribution is 1.36. The minimum atomic E-state index is 0.638. The molecule has 0 saturated carbocycles. The van der Waals surface area contributed by atoms with Crippen molar-refractivity contribution in [3.63, 3.8) is 0 Å². The first-order valence-electron chi connectivity index (χ1n) is 7.38. The van der Waals surface area contributed by atoms with Gasteiger partial charge in [0.05, 0.1) is 11.6 Å². The van der Waals surface area contributed by atoms with Crippen molar-refractivity contribution < 1.29 is 0 Å². The Balaban J connectivity index is 1.93. The Bertz CT molecular complexity index is 1080. The monoisotopic (exact) mass is 295 g/mol. The number of aromatic nitrogens is 2. The molecule has 4 aromatic rings. The average Bonchev–Trinajstić information content (AvgIpc) is 3.04. The summed E-state index contributed by atoms with van der Waals surface area (Å²) in [5.74, 6) is 0. The molecule has 3 nitrogen and oxygen atoms in total. The summed E-state index contributed by atoms with van der Waals surface area (Å²) in [6.07, 6.45) is 7.44. The molecule has 23 heavy (non-hydrogen) atoms. The van der Waals surface area contributed by atoms with Crippen LogP contribution in [0.1, 0.15) is 11.1 Å². The zero-order valence-electron chi connectivity index (χ0n) is 12.3. The van der Waals surface area contributed by atoms with Gasteiger partial charge in [0, 0.05) is 40.4 Å². The number of hydrogen-bond donors (Lipinski definition) is 1. The number of nitrogens with zero attached hydrogens (tertiary/aromatic N) is 2. The first-order chi connectivity index (χ1) is 11.4. The number of pyridine rings is 1. The van der Waals surface area contributed by atoms with Gasteiger partial charge in [-0.05, 0) is 29.2 Å². The molecule has 4 rings (SSSR count). The third-order valence-corrected chi connectivity index (χ3v) is 4.02. The molecule has 0 saturated heterocycles. The summed E-state index contributed by atoms with van der Waals surface area (Å²) in [5, 5.41) is 12.9. The van der Waals surface area contributed by atoms with Crippen LogP contribution >= 0.6 is 0 Å². The second-order valence-corrected chi connectivity index (χ2v) is 5.36. The number of nitrogens with one attached hydrogen (secondary N) is 1. The van der Waals surface area contributed by atoms with Crippen molar-refractivity contribution in [3.8, 4) is 6.07 Å². The third-order valence-electron chi connectivity index (χ3n) is 4.02. The van der Waals surface area contributed by atoms with Crippen molar-refractivity contribution in [1.82, 2.24) is 9.97 Å². The Kier molecular flexibility index (Phi) is 3.14. The van der Waals surface area contributed by atoms with Gasteiger partial charge in [-0.15, -0.1) is 0 Å². The van der Waals surface area contributed by atoms with Crippen LogP contribution in [0.3, 0.4) is 0 Å². The Morgan fingerprint density at radius 3 is 2.87 bits per heavy atom. The highest BCUT2D eigenvalue weighted by Gasteiger charge is 2.09. The lowest BCUT2D eigenvalue weighted by atomic mass is 10.0. The van der Waals surface area contributed by atoms with Gasteiger partial charge >= 0.3 is 0 Å². The lowest BCUT2D eigenvalue weighted by Gasteiger charge is -2.03. The fourth-order valence-electron chi connectivity index (χ4n) is 2.88. The Labute approximate surface area is 133 Å². The zero-order chi connectivity index (χ0) is 15.6. The maximum Gasteiger partial charge on any atom is 0.0998 e. The minimum absolute atomic E-state index is 0.638. The van der Waals surface area contributed by atoms with Crippen LogP contribution in [-0.4, -0.2) is 9.97 Å². The van der Waals surface area contributed by atoms with E-state index in [4.69, 9.17) is 0 Å². The highest BCUT2D eigenvalue weighted by molar-refractivity contribution is 6.04. The van der Waals surface area contributed by atoms with Crippen LogP contribution in [0.25, 0.3) is 33.3 Å². The average molecular weight is 295 g/mol. The maximum absolute atomic E-state index is 9.64.